The van der Waals surface area contributed by atoms with Crippen LogP contribution in [0, 0.1) is 17.2 Å². The molecule has 2 rings (SSSR count). The summed E-state index contributed by atoms with van der Waals surface area (Å²) in [7, 11) is 4.24. The molecule has 0 aromatic heterocycles. The van der Waals surface area contributed by atoms with E-state index in [1.165, 1.54) is 12.8 Å². The van der Waals surface area contributed by atoms with Gasteiger partial charge in [-0.3, -0.25) is 0 Å². The average molecular weight is 278 g/mol. The molecule has 1 aliphatic heterocycles. The van der Waals surface area contributed by atoms with Gasteiger partial charge in [0.05, 0.1) is 11.3 Å². The van der Waals surface area contributed by atoms with Gasteiger partial charge in [0.2, 0.25) is 0 Å². The van der Waals surface area contributed by atoms with Crippen LogP contribution in [-0.4, -0.2) is 38.6 Å². The van der Waals surface area contributed by atoms with E-state index in [-0.39, 0.29) is 0 Å². The highest BCUT2D eigenvalue weighted by Crippen LogP contribution is 2.28. The van der Waals surface area contributed by atoms with Crippen LogP contribution in [0.4, 0.5) is 5.69 Å². The molecule has 1 heterocycles. The van der Waals surface area contributed by atoms with Gasteiger partial charge in [0.1, 0.15) is 6.07 Å². The van der Waals surface area contributed by atoms with E-state index in [1.807, 2.05) is 12.1 Å². The van der Waals surface area contributed by atoms with Gasteiger partial charge < -0.3 is 9.80 Å². The first-order valence-electron chi connectivity index (χ1n) is 6.69. The molecule has 0 N–H and O–H groups in total. The van der Waals surface area contributed by atoms with Gasteiger partial charge in [0.15, 0.2) is 0 Å². The van der Waals surface area contributed by atoms with Crippen LogP contribution in [0.2, 0.25) is 5.02 Å². The summed E-state index contributed by atoms with van der Waals surface area (Å²) >= 11 is 6.05. The molecule has 19 heavy (non-hydrogen) atoms. The van der Waals surface area contributed by atoms with E-state index in [9.17, 15) is 5.26 Å². The standard InChI is InChI=1S/C15H20ClN3/c1-18(2)11-12-5-7-19(8-6-12)15-9-14(16)4-3-13(15)10-17/h3-4,9,12H,5-8,11H2,1-2H3. The van der Waals surface area contributed by atoms with Crippen molar-refractivity contribution >= 4 is 17.3 Å². The van der Waals surface area contributed by atoms with Gasteiger partial charge in [-0.1, -0.05) is 11.6 Å². The third kappa shape index (κ3) is 3.62. The molecule has 0 radical (unpaired) electrons. The van der Waals surface area contributed by atoms with Gasteiger partial charge in [-0.25, -0.2) is 0 Å². The normalized spacial score (nSPS) is 16.7. The van der Waals surface area contributed by atoms with Crippen molar-refractivity contribution in [3.8, 4) is 6.07 Å². The smallest absolute Gasteiger partial charge is 0.101 e. The van der Waals surface area contributed by atoms with Crippen LogP contribution in [0.3, 0.4) is 0 Å². The Hall–Kier alpha value is -1.24. The number of nitrogens with zero attached hydrogens (tertiary/aromatic N) is 3. The van der Waals surface area contributed by atoms with E-state index in [2.05, 4.69) is 30.0 Å². The molecule has 0 amide bonds. The summed E-state index contributed by atoms with van der Waals surface area (Å²) in [6.45, 7) is 3.16. The molecule has 0 saturated carbocycles. The SMILES string of the molecule is CN(C)CC1CCN(c2cc(Cl)ccc2C#N)CC1. The minimum absolute atomic E-state index is 0.699. The Balaban J connectivity index is 2.05. The van der Waals surface area contributed by atoms with Crippen LogP contribution in [0.5, 0.6) is 0 Å². The molecule has 1 fully saturated rings. The maximum absolute atomic E-state index is 9.18. The van der Waals surface area contributed by atoms with Gasteiger partial charge in [0, 0.05) is 24.7 Å². The highest BCUT2D eigenvalue weighted by Gasteiger charge is 2.21. The molecule has 0 aliphatic carbocycles. The molecule has 102 valence electrons. The minimum atomic E-state index is 0.699. The molecule has 0 bridgehead atoms. The number of benzene rings is 1. The Kier molecular flexibility index (Phi) is 4.68. The zero-order valence-electron chi connectivity index (χ0n) is 11.6. The van der Waals surface area contributed by atoms with Crippen molar-refractivity contribution in [2.75, 3.05) is 38.6 Å². The van der Waals surface area contributed by atoms with Crippen LogP contribution in [0.1, 0.15) is 18.4 Å². The van der Waals surface area contributed by atoms with E-state index >= 15 is 0 Å². The topological polar surface area (TPSA) is 30.3 Å². The minimum Gasteiger partial charge on any atom is -0.370 e. The molecule has 0 spiro atoms. The number of halogens is 1. The largest absolute Gasteiger partial charge is 0.370 e. The van der Waals surface area contributed by atoms with Gasteiger partial charge in [-0.05, 0) is 51.1 Å². The molecule has 0 atom stereocenters. The number of hydrogen-bond donors (Lipinski definition) is 0. The lowest BCUT2D eigenvalue weighted by Crippen LogP contribution is -2.37. The summed E-state index contributed by atoms with van der Waals surface area (Å²) in [5.41, 5.74) is 1.70. The van der Waals surface area contributed by atoms with Crippen LogP contribution in [0.15, 0.2) is 18.2 Å². The summed E-state index contributed by atoms with van der Waals surface area (Å²) < 4.78 is 0. The summed E-state index contributed by atoms with van der Waals surface area (Å²) in [6, 6.07) is 7.75. The predicted octanol–water partition coefficient (Wildman–Crippen LogP) is 2.99. The summed E-state index contributed by atoms with van der Waals surface area (Å²) in [6.07, 6.45) is 2.35. The van der Waals surface area contributed by atoms with Crippen molar-refractivity contribution in [2.24, 2.45) is 5.92 Å². The molecular weight excluding hydrogens is 258 g/mol. The van der Waals surface area contributed by atoms with Crippen molar-refractivity contribution < 1.29 is 0 Å². The first kappa shape index (κ1) is 14.2. The van der Waals surface area contributed by atoms with Gasteiger partial charge in [-0.2, -0.15) is 5.26 Å². The number of piperidine rings is 1. The molecule has 0 unspecified atom stereocenters. The molecule has 1 aliphatic rings. The first-order valence-corrected chi connectivity index (χ1v) is 7.07. The molecule has 4 heteroatoms. The predicted molar refractivity (Wildman–Crippen MR) is 79.7 cm³/mol. The molecule has 1 aromatic rings. The number of anilines is 1. The van der Waals surface area contributed by atoms with Gasteiger partial charge in [-0.15, -0.1) is 0 Å². The fourth-order valence-corrected chi connectivity index (χ4v) is 2.90. The number of rotatable bonds is 3. The molecular formula is C15H20ClN3. The first-order chi connectivity index (χ1) is 9.10. The molecule has 3 nitrogen and oxygen atoms in total. The maximum atomic E-state index is 9.18. The van der Waals surface area contributed by atoms with Crippen LogP contribution in [0.25, 0.3) is 0 Å². The maximum Gasteiger partial charge on any atom is 0.101 e. The fraction of sp³-hybridized carbons (Fsp3) is 0.533. The van der Waals surface area contributed by atoms with Gasteiger partial charge >= 0.3 is 0 Å². The second kappa shape index (κ2) is 6.27. The average Bonchev–Trinajstić information content (AvgIpc) is 2.39. The Morgan fingerprint density at radius 2 is 2.05 bits per heavy atom. The zero-order chi connectivity index (χ0) is 13.8. The lowest BCUT2D eigenvalue weighted by atomic mass is 9.95. The summed E-state index contributed by atoms with van der Waals surface area (Å²) in [4.78, 5) is 4.54. The quantitative estimate of drug-likeness (QED) is 0.851. The monoisotopic (exact) mass is 277 g/mol. The second-order valence-corrected chi connectivity index (χ2v) is 5.90. The molecule has 1 saturated heterocycles. The second-order valence-electron chi connectivity index (χ2n) is 5.47. The Labute approximate surface area is 120 Å². The lowest BCUT2D eigenvalue weighted by Gasteiger charge is -2.35. The van der Waals surface area contributed by atoms with Crippen molar-refractivity contribution in [2.45, 2.75) is 12.8 Å². The van der Waals surface area contributed by atoms with Gasteiger partial charge in [0.25, 0.3) is 0 Å². The third-order valence-corrected chi connectivity index (χ3v) is 3.89. The van der Waals surface area contributed by atoms with E-state index < -0.39 is 0 Å². The van der Waals surface area contributed by atoms with Crippen molar-refractivity contribution in [3.63, 3.8) is 0 Å². The van der Waals surface area contributed by atoms with Crippen LogP contribution < -0.4 is 4.90 Å². The van der Waals surface area contributed by atoms with E-state index in [0.29, 0.717) is 5.02 Å². The Morgan fingerprint density at radius 3 is 2.63 bits per heavy atom. The van der Waals surface area contributed by atoms with Crippen LogP contribution in [-0.2, 0) is 0 Å². The zero-order valence-corrected chi connectivity index (χ0v) is 12.3. The summed E-state index contributed by atoms with van der Waals surface area (Å²) in [5, 5.41) is 9.88. The Bertz CT molecular complexity index is 471. The van der Waals surface area contributed by atoms with E-state index in [1.54, 1.807) is 6.07 Å². The fourth-order valence-electron chi connectivity index (χ4n) is 2.73. The van der Waals surface area contributed by atoms with Crippen molar-refractivity contribution in [1.82, 2.24) is 4.90 Å². The lowest BCUT2D eigenvalue weighted by molar-refractivity contribution is 0.285. The third-order valence-electron chi connectivity index (χ3n) is 3.66. The Morgan fingerprint density at radius 1 is 1.37 bits per heavy atom. The molecule has 1 aromatic carbocycles. The van der Waals surface area contributed by atoms with Crippen molar-refractivity contribution in [3.05, 3.63) is 28.8 Å². The highest BCUT2D eigenvalue weighted by molar-refractivity contribution is 6.30. The summed E-state index contributed by atoms with van der Waals surface area (Å²) in [5.74, 6) is 0.760. The van der Waals surface area contributed by atoms with Crippen LogP contribution >= 0.6 is 11.6 Å². The highest BCUT2D eigenvalue weighted by atomic mass is 35.5. The number of hydrogen-bond acceptors (Lipinski definition) is 3. The van der Waals surface area contributed by atoms with Crippen molar-refractivity contribution in [1.29, 1.82) is 5.26 Å². The van der Waals surface area contributed by atoms with E-state index in [0.717, 1.165) is 36.8 Å². The number of nitriles is 1. The van der Waals surface area contributed by atoms with E-state index in [4.69, 9.17) is 11.6 Å².